The van der Waals surface area contributed by atoms with Crippen LogP contribution in [0.25, 0.3) is 21.8 Å². The number of esters is 1. The van der Waals surface area contributed by atoms with Crippen molar-refractivity contribution in [2.45, 2.75) is 6.92 Å². The molecule has 2 aromatic heterocycles. The van der Waals surface area contributed by atoms with E-state index in [9.17, 15) is 14.4 Å². The predicted octanol–water partition coefficient (Wildman–Crippen LogP) is 1.55. The van der Waals surface area contributed by atoms with Gasteiger partial charge < -0.3 is 14.7 Å². The molecule has 0 bridgehead atoms. The first kappa shape index (κ1) is 13.1. The molecule has 3 rings (SSSR count). The molecular formula is C15H12N2O4. The summed E-state index contributed by atoms with van der Waals surface area (Å²) in [6.07, 6.45) is 1.26. The molecule has 106 valence electrons. The molecule has 0 spiro atoms. The van der Waals surface area contributed by atoms with Gasteiger partial charge in [0.15, 0.2) is 0 Å². The normalized spacial score (nSPS) is 10.9. The maximum atomic E-state index is 12.5. The summed E-state index contributed by atoms with van der Waals surface area (Å²) in [5.41, 5.74) is -0.550. The second-order valence-electron chi connectivity index (χ2n) is 4.50. The van der Waals surface area contributed by atoms with E-state index >= 15 is 0 Å². The Hall–Kier alpha value is -2.89. The molecule has 0 aliphatic carbocycles. The fourth-order valence-electron chi connectivity index (χ4n) is 2.33. The average Bonchev–Trinajstić information content (AvgIpc) is 2.48. The molecule has 21 heavy (non-hydrogen) atoms. The third-order valence-corrected chi connectivity index (χ3v) is 3.26. The third kappa shape index (κ3) is 2.01. The third-order valence-electron chi connectivity index (χ3n) is 3.26. The summed E-state index contributed by atoms with van der Waals surface area (Å²) < 4.78 is 4.86. The Kier molecular flexibility index (Phi) is 3.06. The van der Waals surface area contributed by atoms with Crippen LogP contribution >= 0.6 is 0 Å². The Bertz CT molecular complexity index is 969. The van der Waals surface area contributed by atoms with Crippen LogP contribution in [0.2, 0.25) is 0 Å². The maximum absolute atomic E-state index is 12.5. The number of aromatic nitrogens is 2. The van der Waals surface area contributed by atoms with Gasteiger partial charge in [-0.3, -0.25) is 9.59 Å². The van der Waals surface area contributed by atoms with E-state index in [0.29, 0.717) is 10.8 Å². The number of pyridine rings is 2. The minimum absolute atomic E-state index is 0.0819. The quantitative estimate of drug-likeness (QED) is 0.551. The molecule has 2 N–H and O–H groups in total. The monoisotopic (exact) mass is 284 g/mol. The van der Waals surface area contributed by atoms with Gasteiger partial charge in [0.05, 0.1) is 12.0 Å². The van der Waals surface area contributed by atoms with Gasteiger partial charge in [0.25, 0.3) is 5.56 Å². The number of nitrogens with one attached hydrogen (secondary N) is 2. The fraction of sp³-hybridized carbons (Fsp3) is 0.133. The first-order chi connectivity index (χ1) is 10.1. The van der Waals surface area contributed by atoms with Crippen LogP contribution in [0.5, 0.6) is 0 Å². The molecule has 1 aromatic carbocycles. The minimum atomic E-state index is -0.684. The molecule has 0 saturated heterocycles. The standard InChI is InChI=1S/C15H12N2O4/c1-2-21-15(20)10-7-16-13-11(12(10)18)8-5-3-4-6-9(8)14(19)17-13/h3-7H,2H2,1H3,(H2,16,17,18,19). The highest BCUT2D eigenvalue weighted by molar-refractivity contribution is 6.06. The Morgan fingerprint density at radius 2 is 1.90 bits per heavy atom. The number of ether oxygens (including phenoxy) is 1. The smallest absolute Gasteiger partial charge is 0.343 e. The van der Waals surface area contributed by atoms with Crippen LogP contribution in [0.3, 0.4) is 0 Å². The van der Waals surface area contributed by atoms with Gasteiger partial charge in [-0.25, -0.2) is 4.79 Å². The van der Waals surface area contributed by atoms with E-state index in [0.717, 1.165) is 0 Å². The van der Waals surface area contributed by atoms with E-state index in [1.807, 2.05) is 0 Å². The van der Waals surface area contributed by atoms with E-state index in [-0.39, 0.29) is 28.8 Å². The van der Waals surface area contributed by atoms with Gasteiger partial charge in [-0.1, -0.05) is 18.2 Å². The van der Waals surface area contributed by atoms with Crippen molar-refractivity contribution in [2.24, 2.45) is 0 Å². The number of rotatable bonds is 2. The Morgan fingerprint density at radius 1 is 1.19 bits per heavy atom. The number of hydrogen-bond acceptors (Lipinski definition) is 4. The minimum Gasteiger partial charge on any atom is -0.462 e. The van der Waals surface area contributed by atoms with Crippen molar-refractivity contribution in [1.82, 2.24) is 9.97 Å². The van der Waals surface area contributed by atoms with Gasteiger partial charge in [-0.2, -0.15) is 0 Å². The van der Waals surface area contributed by atoms with Gasteiger partial charge in [0, 0.05) is 17.0 Å². The van der Waals surface area contributed by atoms with Crippen LogP contribution < -0.4 is 11.0 Å². The molecule has 0 saturated carbocycles. The SMILES string of the molecule is CCOC(=O)c1c[nH]c2[nH]c(=O)c3ccccc3c2c1=O. The zero-order chi connectivity index (χ0) is 15.0. The molecule has 6 nitrogen and oxygen atoms in total. The van der Waals surface area contributed by atoms with E-state index < -0.39 is 11.4 Å². The number of fused-ring (bicyclic) bond motifs is 3. The van der Waals surface area contributed by atoms with Crippen LogP contribution in [0, 0.1) is 0 Å². The molecule has 0 atom stereocenters. The Balaban J connectivity index is 2.45. The Morgan fingerprint density at radius 3 is 2.62 bits per heavy atom. The molecule has 2 heterocycles. The Labute approximate surface area is 118 Å². The molecule has 0 aliphatic heterocycles. The summed E-state index contributed by atoms with van der Waals surface area (Å²) >= 11 is 0. The van der Waals surface area contributed by atoms with E-state index in [1.165, 1.54) is 6.20 Å². The molecule has 0 radical (unpaired) electrons. The molecule has 0 unspecified atom stereocenters. The number of benzene rings is 1. The molecule has 6 heteroatoms. The van der Waals surface area contributed by atoms with Crippen molar-refractivity contribution >= 4 is 27.8 Å². The summed E-state index contributed by atoms with van der Waals surface area (Å²) in [6, 6.07) is 6.76. The highest BCUT2D eigenvalue weighted by Gasteiger charge is 2.16. The van der Waals surface area contributed by atoms with Gasteiger partial charge >= 0.3 is 5.97 Å². The largest absolute Gasteiger partial charge is 0.462 e. The highest BCUT2D eigenvalue weighted by Crippen LogP contribution is 2.17. The van der Waals surface area contributed by atoms with Crippen molar-refractivity contribution in [3.8, 4) is 0 Å². The summed E-state index contributed by atoms with van der Waals surface area (Å²) in [6.45, 7) is 1.85. The first-order valence-electron chi connectivity index (χ1n) is 6.47. The summed E-state index contributed by atoms with van der Waals surface area (Å²) in [5, 5.41) is 1.18. The second-order valence-corrected chi connectivity index (χ2v) is 4.50. The molecular weight excluding hydrogens is 272 g/mol. The highest BCUT2D eigenvalue weighted by atomic mass is 16.5. The second kappa shape index (κ2) is 4.90. The van der Waals surface area contributed by atoms with Gasteiger partial charge in [-0.15, -0.1) is 0 Å². The van der Waals surface area contributed by atoms with Crippen LogP contribution in [-0.4, -0.2) is 22.5 Å². The average molecular weight is 284 g/mol. The molecule has 0 amide bonds. The van der Waals surface area contributed by atoms with Crippen LogP contribution in [0.1, 0.15) is 17.3 Å². The van der Waals surface area contributed by atoms with Crippen molar-refractivity contribution in [3.05, 3.63) is 56.6 Å². The van der Waals surface area contributed by atoms with Crippen molar-refractivity contribution in [2.75, 3.05) is 6.61 Å². The number of carbonyl (C=O) groups excluding carboxylic acids is 1. The molecule has 0 fully saturated rings. The number of carbonyl (C=O) groups is 1. The lowest BCUT2D eigenvalue weighted by Gasteiger charge is -2.05. The van der Waals surface area contributed by atoms with Crippen molar-refractivity contribution in [1.29, 1.82) is 0 Å². The summed E-state index contributed by atoms with van der Waals surface area (Å²) in [5.74, 6) is -0.684. The lowest BCUT2D eigenvalue weighted by atomic mass is 10.1. The molecule has 3 aromatic rings. The van der Waals surface area contributed by atoms with Gasteiger partial charge in [-0.05, 0) is 13.0 Å². The van der Waals surface area contributed by atoms with Crippen molar-refractivity contribution < 1.29 is 9.53 Å². The molecule has 0 aliphatic rings. The zero-order valence-corrected chi connectivity index (χ0v) is 11.2. The number of hydrogen-bond donors (Lipinski definition) is 2. The van der Waals surface area contributed by atoms with Crippen LogP contribution in [0.15, 0.2) is 40.1 Å². The van der Waals surface area contributed by atoms with Crippen LogP contribution in [-0.2, 0) is 4.74 Å². The van der Waals surface area contributed by atoms with Gasteiger partial charge in [0.1, 0.15) is 11.2 Å². The lowest BCUT2D eigenvalue weighted by molar-refractivity contribution is 0.0524. The van der Waals surface area contributed by atoms with Crippen molar-refractivity contribution in [3.63, 3.8) is 0 Å². The fourth-order valence-corrected chi connectivity index (χ4v) is 2.33. The summed E-state index contributed by atoms with van der Waals surface area (Å²) in [4.78, 5) is 41.7. The zero-order valence-electron chi connectivity index (χ0n) is 11.2. The van der Waals surface area contributed by atoms with Crippen LogP contribution in [0.4, 0.5) is 0 Å². The van der Waals surface area contributed by atoms with E-state index in [4.69, 9.17) is 4.74 Å². The number of aromatic amines is 2. The predicted molar refractivity (Wildman–Crippen MR) is 78.7 cm³/mol. The van der Waals surface area contributed by atoms with E-state index in [1.54, 1.807) is 31.2 Å². The first-order valence-corrected chi connectivity index (χ1v) is 6.47. The lowest BCUT2D eigenvalue weighted by Crippen LogP contribution is -2.20. The maximum Gasteiger partial charge on any atom is 0.343 e. The summed E-state index contributed by atoms with van der Waals surface area (Å²) in [7, 11) is 0. The van der Waals surface area contributed by atoms with E-state index in [2.05, 4.69) is 9.97 Å². The van der Waals surface area contributed by atoms with Gasteiger partial charge in [0.2, 0.25) is 5.43 Å². The number of H-pyrrole nitrogens is 2. The topological polar surface area (TPSA) is 92.0 Å².